The molecule has 0 unspecified atom stereocenters. The lowest BCUT2D eigenvalue weighted by molar-refractivity contribution is -0.120. The van der Waals surface area contributed by atoms with E-state index in [1.807, 2.05) is 30.3 Å². The SMILES string of the molecule is Cc1nc(C2(NC(=O)CSc3ccccc3)CCCC2)no1. The molecule has 0 atom stereocenters. The van der Waals surface area contributed by atoms with Crippen LogP contribution in [0.5, 0.6) is 0 Å². The third-order valence-electron chi connectivity index (χ3n) is 3.90. The summed E-state index contributed by atoms with van der Waals surface area (Å²) < 4.78 is 5.10. The average Bonchev–Trinajstić information content (AvgIpc) is 3.16. The summed E-state index contributed by atoms with van der Waals surface area (Å²) in [6.07, 6.45) is 3.88. The highest BCUT2D eigenvalue weighted by molar-refractivity contribution is 8.00. The largest absolute Gasteiger partial charge is 0.342 e. The highest BCUT2D eigenvalue weighted by Gasteiger charge is 2.41. The highest BCUT2D eigenvalue weighted by atomic mass is 32.2. The van der Waals surface area contributed by atoms with Crippen LogP contribution >= 0.6 is 11.8 Å². The lowest BCUT2D eigenvalue weighted by atomic mass is 9.96. The second kappa shape index (κ2) is 6.52. The van der Waals surface area contributed by atoms with Crippen LogP contribution in [0.1, 0.15) is 37.4 Å². The normalized spacial score (nSPS) is 16.6. The molecule has 0 bridgehead atoms. The minimum atomic E-state index is -0.452. The summed E-state index contributed by atoms with van der Waals surface area (Å²) in [5.41, 5.74) is -0.452. The summed E-state index contributed by atoms with van der Waals surface area (Å²) in [5, 5.41) is 7.18. The maximum atomic E-state index is 12.3. The summed E-state index contributed by atoms with van der Waals surface area (Å²) in [7, 11) is 0. The second-order valence-electron chi connectivity index (χ2n) is 5.58. The van der Waals surface area contributed by atoms with Gasteiger partial charge in [-0.2, -0.15) is 4.98 Å². The van der Waals surface area contributed by atoms with E-state index in [0.717, 1.165) is 30.6 Å². The fourth-order valence-corrected chi connectivity index (χ4v) is 3.56. The molecule has 1 aliphatic rings. The number of aromatic nitrogens is 2. The van der Waals surface area contributed by atoms with Crippen LogP contribution in [0, 0.1) is 6.92 Å². The summed E-state index contributed by atoms with van der Waals surface area (Å²) in [4.78, 5) is 17.8. The van der Waals surface area contributed by atoms with Crippen LogP contribution in [0.3, 0.4) is 0 Å². The Bertz CT molecular complexity index is 636. The first-order valence-electron chi connectivity index (χ1n) is 7.48. The lowest BCUT2D eigenvalue weighted by Gasteiger charge is -2.26. The van der Waals surface area contributed by atoms with Crippen molar-refractivity contribution in [1.82, 2.24) is 15.5 Å². The van der Waals surface area contributed by atoms with E-state index in [1.54, 1.807) is 6.92 Å². The van der Waals surface area contributed by atoms with E-state index in [9.17, 15) is 4.79 Å². The zero-order valence-electron chi connectivity index (χ0n) is 12.5. The van der Waals surface area contributed by atoms with E-state index in [2.05, 4.69) is 15.5 Å². The van der Waals surface area contributed by atoms with Crippen LogP contribution in [-0.4, -0.2) is 21.8 Å². The number of benzene rings is 1. The van der Waals surface area contributed by atoms with Gasteiger partial charge in [0.2, 0.25) is 11.8 Å². The van der Waals surface area contributed by atoms with Crippen LogP contribution in [-0.2, 0) is 10.3 Å². The summed E-state index contributed by atoms with van der Waals surface area (Å²) in [6.45, 7) is 1.77. The molecule has 1 heterocycles. The molecule has 1 fully saturated rings. The quantitative estimate of drug-likeness (QED) is 0.858. The molecule has 5 nitrogen and oxygen atoms in total. The van der Waals surface area contributed by atoms with Gasteiger partial charge in [0.1, 0.15) is 5.54 Å². The Hall–Kier alpha value is -1.82. The maximum Gasteiger partial charge on any atom is 0.231 e. The fourth-order valence-electron chi connectivity index (χ4n) is 2.85. The molecule has 1 amide bonds. The molecule has 0 aliphatic heterocycles. The number of hydrogen-bond donors (Lipinski definition) is 1. The third-order valence-corrected chi connectivity index (χ3v) is 4.92. The molecule has 3 rings (SSSR count). The lowest BCUT2D eigenvalue weighted by Crippen LogP contribution is -2.45. The van der Waals surface area contributed by atoms with Gasteiger partial charge < -0.3 is 9.84 Å². The van der Waals surface area contributed by atoms with Gasteiger partial charge in [-0.25, -0.2) is 0 Å². The molecule has 1 aromatic carbocycles. The summed E-state index contributed by atoms with van der Waals surface area (Å²) in [5.74, 6) is 1.55. The zero-order chi connectivity index (χ0) is 15.4. The second-order valence-corrected chi connectivity index (χ2v) is 6.62. The van der Waals surface area contributed by atoms with Gasteiger partial charge in [0, 0.05) is 11.8 Å². The Morgan fingerprint density at radius 2 is 2.05 bits per heavy atom. The predicted octanol–water partition coefficient (Wildman–Crippen LogP) is 3.06. The molecule has 0 saturated heterocycles. The molecule has 2 aromatic rings. The maximum absolute atomic E-state index is 12.3. The molecule has 1 N–H and O–H groups in total. The summed E-state index contributed by atoms with van der Waals surface area (Å²) in [6, 6.07) is 9.93. The van der Waals surface area contributed by atoms with Gasteiger partial charge in [0.05, 0.1) is 5.75 Å². The van der Waals surface area contributed by atoms with Crippen molar-refractivity contribution in [3.63, 3.8) is 0 Å². The Labute approximate surface area is 133 Å². The molecule has 22 heavy (non-hydrogen) atoms. The topological polar surface area (TPSA) is 68.0 Å². The standard InChI is InChI=1S/C16H19N3O2S/c1-12-17-15(19-21-12)16(9-5-6-10-16)18-14(20)11-22-13-7-3-2-4-8-13/h2-4,7-8H,5-6,9-11H2,1H3,(H,18,20). The van der Waals surface area contributed by atoms with Crippen molar-refractivity contribution in [3.05, 3.63) is 42.0 Å². The predicted molar refractivity (Wildman–Crippen MR) is 84.5 cm³/mol. The molecule has 116 valence electrons. The van der Waals surface area contributed by atoms with E-state index in [4.69, 9.17) is 4.52 Å². The minimum absolute atomic E-state index is 0.0122. The van der Waals surface area contributed by atoms with Gasteiger partial charge in [-0.05, 0) is 25.0 Å². The molecule has 0 spiro atoms. The van der Waals surface area contributed by atoms with Crippen LogP contribution < -0.4 is 5.32 Å². The number of nitrogens with zero attached hydrogens (tertiary/aromatic N) is 2. The van der Waals surface area contributed by atoms with Gasteiger partial charge in [-0.1, -0.05) is 36.2 Å². The van der Waals surface area contributed by atoms with Crippen molar-refractivity contribution in [2.45, 2.75) is 43.0 Å². The van der Waals surface area contributed by atoms with Crippen molar-refractivity contribution in [3.8, 4) is 0 Å². The number of carbonyl (C=O) groups is 1. The van der Waals surface area contributed by atoms with Crippen molar-refractivity contribution < 1.29 is 9.32 Å². The first-order valence-corrected chi connectivity index (χ1v) is 8.46. The third kappa shape index (κ3) is 3.32. The van der Waals surface area contributed by atoms with E-state index in [-0.39, 0.29) is 5.91 Å². The van der Waals surface area contributed by atoms with Crippen molar-refractivity contribution in [1.29, 1.82) is 0 Å². The van der Waals surface area contributed by atoms with Gasteiger partial charge >= 0.3 is 0 Å². The molecule has 1 saturated carbocycles. The minimum Gasteiger partial charge on any atom is -0.342 e. The first-order chi connectivity index (χ1) is 10.7. The molecule has 0 radical (unpaired) electrons. The van der Waals surface area contributed by atoms with Gasteiger partial charge in [-0.15, -0.1) is 11.8 Å². The van der Waals surface area contributed by atoms with Crippen LogP contribution in [0.15, 0.2) is 39.8 Å². The Kier molecular flexibility index (Phi) is 4.47. The average molecular weight is 317 g/mol. The molecule has 1 aromatic heterocycles. The van der Waals surface area contributed by atoms with Crippen LogP contribution in [0.4, 0.5) is 0 Å². The van der Waals surface area contributed by atoms with E-state index < -0.39 is 5.54 Å². The van der Waals surface area contributed by atoms with Crippen molar-refractivity contribution >= 4 is 17.7 Å². The number of aryl methyl sites for hydroxylation is 1. The smallest absolute Gasteiger partial charge is 0.231 e. The van der Waals surface area contributed by atoms with Gasteiger partial charge in [0.25, 0.3) is 0 Å². The number of rotatable bonds is 5. The number of hydrogen-bond acceptors (Lipinski definition) is 5. The van der Waals surface area contributed by atoms with E-state index in [1.165, 1.54) is 11.8 Å². The van der Waals surface area contributed by atoms with Crippen LogP contribution in [0.2, 0.25) is 0 Å². The Morgan fingerprint density at radius 3 is 2.68 bits per heavy atom. The summed E-state index contributed by atoms with van der Waals surface area (Å²) >= 11 is 1.53. The molecule has 6 heteroatoms. The monoisotopic (exact) mass is 317 g/mol. The van der Waals surface area contributed by atoms with Crippen LogP contribution in [0.25, 0.3) is 0 Å². The fraction of sp³-hybridized carbons (Fsp3) is 0.438. The number of carbonyl (C=O) groups excluding carboxylic acids is 1. The Morgan fingerprint density at radius 1 is 1.32 bits per heavy atom. The molecular formula is C16H19N3O2S. The van der Waals surface area contributed by atoms with E-state index >= 15 is 0 Å². The van der Waals surface area contributed by atoms with E-state index in [0.29, 0.717) is 17.5 Å². The highest BCUT2D eigenvalue weighted by Crippen LogP contribution is 2.37. The number of amides is 1. The van der Waals surface area contributed by atoms with Gasteiger partial charge in [-0.3, -0.25) is 4.79 Å². The Balaban J connectivity index is 1.65. The zero-order valence-corrected chi connectivity index (χ0v) is 13.4. The van der Waals surface area contributed by atoms with Crippen molar-refractivity contribution in [2.75, 3.05) is 5.75 Å². The van der Waals surface area contributed by atoms with Crippen molar-refractivity contribution in [2.24, 2.45) is 0 Å². The molecule has 1 aliphatic carbocycles. The number of thioether (sulfide) groups is 1. The first kappa shape index (κ1) is 15.1. The number of nitrogens with one attached hydrogen (secondary N) is 1. The van der Waals surface area contributed by atoms with Gasteiger partial charge in [0.15, 0.2) is 5.82 Å². The molecular weight excluding hydrogens is 298 g/mol.